The van der Waals surface area contributed by atoms with Crippen LogP contribution in [0, 0.1) is 11.7 Å². The van der Waals surface area contributed by atoms with Crippen molar-refractivity contribution in [3.8, 4) is 11.5 Å². The van der Waals surface area contributed by atoms with Crippen LogP contribution in [-0.4, -0.2) is 22.2 Å². The van der Waals surface area contributed by atoms with Gasteiger partial charge in [-0.15, -0.1) is 0 Å². The lowest BCUT2D eigenvalue weighted by Gasteiger charge is -2.09. The van der Waals surface area contributed by atoms with Crippen LogP contribution in [0.1, 0.15) is 16.8 Å². The number of rotatable bonds is 3. The molecule has 0 bridgehead atoms. The topological polar surface area (TPSA) is 78.1 Å². The molecule has 3 N–H and O–H groups in total. The van der Waals surface area contributed by atoms with Crippen molar-refractivity contribution in [2.75, 3.05) is 7.11 Å². The second-order valence-electron chi connectivity index (χ2n) is 4.32. The van der Waals surface area contributed by atoms with Crippen LogP contribution in [0.2, 0.25) is 5.02 Å². The van der Waals surface area contributed by atoms with Crippen LogP contribution in [0.15, 0.2) is 16.9 Å². The minimum Gasteiger partial charge on any atom is -0.503 e. The molecule has 0 aliphatic carbocycles. The lowest BCUT2D eigenvalue weighted by Crippen LogP contribution is -2.16. The van der Waals surface area contributed by atoms with Gasteiger partial charge in [0.1, 0.15) is 0 Å². The number of aromatic nitrogens is 2. The van der Waals surface area contributed by atoms with E-state index in [4.69, 9.17) is 28.6 Å². The number of aromatic hydroxyl groups is 1. The predicted octanol–water partition coefficient (Wildman–Crippen LogP) is 2.70. The van der Waals surface area contributed by atoms with E-state index in [9.17, 15) is 9.90 Å². The first kappa shape index (κ1) is 14.6. The number of aryl methyl sites for hydroxylation is 1. The third kappa shape index (κ3) is 2.86. The number of phenols is 1. The number of H-pyrrole nitrogens is 2. The number of benzene rings is 1. The number of nitrogens with one attached hydrogen (secondary N) is 2. The minimum absolute atomic E-state index is 0.115. The van der Waals surface area contributed by atoms with Crippen molar-refractivity contribution in [3.05, 3.63) is 49.1 Å². The van der Waals surface area contributed by atoms with E-state index in [0.29, 0.717) is 17.7 Å². The standard InChI is InChI=1S/C13H13ClN2O3S/c1-6-8(12(18)16-13(20)15-6)3-7-4-9(14)11(17)10(5-7)19-2/h4-5,17H,3H2,1-2H3,(H2,15,16,18,20). The van der Waals surface area contributed by atoms with E-state index in [0.717, 1.165) is 5.56 Å². The smallest absolute Gasteiger partial charge is 0.255 e. The van der Waals surface area contributed by atoms with Crippen LogP contribution in [0.25, 0.3) is 0 Å². The fourth-order valence-corrected chi connectivity index (χ4v) is 2.41. The highest BCUT2D eigenvalue weighted by molar-refractivity contribution is 7.71. The highest BCUT2D eigenvalue weighted by Crippen LogP contribution is 2.35. The number of hydrogen-bond donors (Lipinski definition) is 3. The largest absolute Gasteiger partial charge is 0.503 e. The number of phenolic OH excluding ortho intramolecular Hbond substituents is 1. The Morgan fingerprint density at radius 3 is 2.70 bits per heavy atom. The van der Waals surface area contributed by atoms with Crippen molar-refractivity contribution < 1.29 is 9.84 Å². The Labute approximate surface area is 125 Å². The summed E-state index contributed by atoms with van der Waals surface area (Å²) in [7, 11) is 1.44. The molecule has 0 radical (unpaired) electrons. The van der Waals surface area contributed by atoms with Gasteiger partial charge >= 0.3 is 0 Å². The fourth-order valence-electron chi connectivity index (χ4n) is 1.93. The molecular weight excluding hydrogens is 300 g/mol. The lowest BCUT2D eigenvalue weighted by atomic mass is 10.0. The van der Waals surface area contributed by atoms with Crippen LogP contribution in [0.3, 0.4) is 0 Å². The van der Waals surface area contributed by atoms with Gasteiger partial charge in [-0.2, -0.15) is 0 Å². The molecule has 0 atom stereocenters. The maximum absolute atomic E-state index is 11.9. The van der Waals surface area contributed by atoms with Crippen molar-refractivity contribution in [1.82, 2.24) is 9.97 Å². The van der Waals surface area contributed by atoms with Crippen LogP contribution in [0.4, 0.5) is 0 Å². The van der Waals surface area contributed by atoms with Gasteiger partial charge in [0.25, 0.3) is 5.56 Å². The van der Waals surface area contributed by atoms with Gasteiger partial charge in [0.2, 0.25) is 0 Å². The molecule has 0 amide bonds. The second-order valence-corrected chi connectivity index (χ2v) is 5.13. The molecule has 20 heavy (non-hydrogen) atoms. The van der Waals surface area contributed by atoms with Gasteiger partial charge in [-0.05, 0) is 36.8 Å². The summed E-state index contributed by atoms with van der Waals surface area (Å²) in [5, 5.41) is 9.87. The molecule has 0 fully saturated rings. The molecule has 0 spiro atoms. The highest BCUT2D eigenvalue weighted by Gasteiger charge is 2.12. The third-order valence-corrected chi connectivity index (χ3v) is 3.44. The zero-order valence-electron chi connectivity index (χ0n) is 10.9. The van der Waals surface area contributed by atoms with E-state index < -0.39 is 0 Å². The average Bonchev–Trinajstić information content (AvgIpc) is 2.37. The van der Waals surface area contributed by atoms with Crippen molar-refractivity contribution >= 4 is 23.8 Å². The van der Waals surface area contributed by atoms with Crippen LogP contribution < -0.4 is 10.3 Å². The Hall–Kier alpha value is -1.79. The molecule has 2 rings (SSSR count). The van der Waals surface area contributed by atoms with Crippen LogP contribution in [0.5, 0.6) is 11.5 Å². The predicted molar refractivity (Wildman–Crippen MR) is 79.5 cm³/mol. The van der Waals surface area contributed by atoms with E-state index in [-0.39, 0.29) is 26.9 Å². The quantitative estimate of drug-likeness (QED) is 0.761. The normalized spacial score (nSPS) is 10.6. The summed E-state index contributed by atoms with van der Waals surface area (Å²) in [6.07, 6.45) is 0.351. The van der Waals surface area contributed by atoms with Crippen LogP contribution >= 0.6 is 23.8 Å². The van der Waals surface area contributed by atoms with E-state index in [1.807, 2.05) is 0 Å². The number of methoxy groups -OCH3 is 1. The van der Waals surface area contributed by atoms with E-state index >= 15 is 0 Å². The zero-order valence-corrected chi connectivity index (χ0v) is 12.5. The summed E-state index contributed by atoms with van der Waals surface area (Å²) < 4.78 is 5.33. The SMILES string of the molecule is COc1cc(Cc2c(C)[nH]c(=S)[nH]c2=O)cc(Cl)c1O. The first-order valence-corrected chi connectivity index (χ1v) is 6.58. The van der Waals surface area contributed by atoms with Gasteiger partial charge in [-0.25, -0.2) is 0 Å². The molecule has 0 aliphatic heterocycles. The summed E-state index contributed by atoms with van der Waals surface area (Å²) in [5.41, 5.74) is 1.77. The van der Waals surface area contributed by atoms with Crippen molar-refractivity contribution in [2.45, 2.75) is 13.3 Å². The Morgan fingerprint density at radius 2 is 2.10 bits per heavy atom. The zero-order chi connectivity index (χ0) is 14.9. The van der Waals surface area contributed by atoms with E-state index in [2.05, 4.69) is 9.97 Å². The number of halogens is 1. The van der Waals surface area contributed by atoms with Gasteiger partial charge in [-0.1, -0.05) is 11.6 Å². The fraction of sp³-hybridized carbons (Fsp3) is 0.231. The Kier molecular flexibility index (Phi) is 4.15. The summed E-state index contributed by atoms with van der Waals surface area (Å²) in [5.74, 6) is 0.154. The molecule has 1 aromatic heterocycles. The third-order valence-electron chi connectivity index (χ3n) is 2.94. The van der Waals surface area contributed by atoms with E-state index in [1.54, 1.807) is 19.1 Å². The molecule has 1 heterocycles. The number of hydrogen-bond acceptors (Lipinski definition) is 4. The molecular formula is C13H13ClN2O3S. The number of aromatic amines is 2. The summed E-state index contributed by atoms with van der Waals surface area (Å²) in [6, 6.07) is 3.24. The number of ether oxygens (including phenoxy) is 1. The lowest BCUT2D eigenvalue weighted by molar-refractivity contribution is 0.373. The molecule has 0 unspecified atom stereocenters. The van der Waals surface area contributed by atoms with Crippen LogP contribution in [-0.2, 0) is 6.42 Å². The first-order valence-electron chi connectivity index (χ1n) is 5.80. The van der Waals surface area contributed by atoms with Crippen molar-refractivity contribution in [2.24, 2.45) is 0 Å². The molecule has 0 aliphatic rings. The highest BCUT2D eigenvalue weighted by atomic mass is 35.5. The van der Waals surface area contributed by atoms with Gasteiger partial charge in [0.15, 0.2) is 16.3 Å². The van der Waals surface area contributed by atoms with Gasteiger partial charge in [0, 0.05) is 17.7 Å². The van der Waals surface area contributed by atoms with Gasteiger partial charge in [-0.3, -0.25) is 9.78 Å². The second kappa shape index (κ2) is 5.68. The first-order chi connectivity index (χ1) is 9.42. The summed E-state index contributed by atoms with van der Waals surface area (Å²) in [6.45, 7) is 1.78. The molecule has 7 heteroatoms. The Morgan fingerprint density at radius 1 is 1.40 bits per heavy atom. The van der Waals surface area contributed by atoms with Gasteiger partial charge in [0.05, 0.1) is 12.1 Å². The summed E-state index contributed by atoms with van der Waals surface area (Å²) >= 11 is 10.8. The molecule has 2 aromatic rings. The summed E-state index contributed by atoms with van der Waals surface area (Å²) in [4.78, 5) is 17.4. The molecule has 5 nitrogen and oxygen atoms in total. The Bertz CT molecular complexity index is 767. The average molecular weight is 313 g/mol. The van der Waals surface area contributed by atoms with Gasteiger partial charge < -0.3 is 14.8 Å². The molecule has 0 saturated carbocycles. The maximum atomic E-state index is 11.9. The van der Waals surface area contributed by atoms with Crippen molar-refractivity contribution in [3.63, 3.8) is 0 Å². The minimum atomic E-state index is -0.241. The Balaban J connectivity index is 2.48. The van der Waals surface area contributed by atoms with Crippen molar-refractivity contribution in [1.29, 1.82) is 0 Å². The molecule has 0 saturated heterocycles. The molecule has 106 valence electrons. The van der Waals surface area contributed by atoms with E-state index in [1.165, 1.54) is 7.11 Å². The monoisotopic (exact) mass is 312 g/mol. The molecule has 1 aromatic carbocycles. The maximum Gasteiger partial charge on any atom is 0.255 e.